The predicted molar refractivity (Wildman–Crippen MR) is 52.6 cm³/mol. The molecule has 0 saturated carbocycles. The second kappa shape index (κ2) is 3.73. The summed E-state index contributed by atoms with van der Waals surface area (Å²) >= 11 is 0. The first kappa shape index (κ1) is 8.49. The summed E-state index contributed by atoms with van der Waals surface area (Å²) in [5.74, 6) is 0.285. The van der Waals surface area contributed by atoms with Crippen LogP contribution in [0.3, 0.4) is 0 Å². The Balaban J connectivity index is 2.21. The highest BCUT2D eigenvalue weighted by Crippen LogP contribution is 2.22. The van der Waals surface area contributed by atoms with Crippen molar-refractivity contribution in [2.75, 3.05) is 0 Å². The maximum atomic E-state index is 10.7. The molecule has 1 aliphatic carbocycles. The molecular weight excluding hydrogens is 160 g/mol. The third-order valence-electron chi connectivity index (χ3n) is 2.88. The highest BCUT2D eigenvalue weighted by atomic mass is 16.1. The van der Waals surface area contributed by atoms with Crippen molar-refractivity contribution < 1.29 is 4.79 Å². The second-order valence-corrected chi connectivity index (χ2v) is 3.74. The van der Waals surface area contributed by atoms with Crippen LogP contribution in [0, 0.1) is 5.92 Å². The van der Waals surface area contributed by atoms with E-state index in [1.54, 1.807) is 0 Å². The van der Waals surface area contributed by atoms with Crippen molar-refractivity contribution in [1.82, 2.24) is 0 Å². The van der Waals surface area contributed by atoms with Gasteiger partial charge in [0.2, 0.25) is 0 Å². The van der Waals surface area contributed by atoms with Crippen molar-refractivity contribution in [2.45, 2.75) is 25.7 Å². The molecular formula is C12H14O. The zero-order chi connectivity index (χ0) is 9.10. The lowest BCUT2D eigenvalue weighted by atomic mass is 10.0. The Morgan fingerprint density at radius 3 is 2.08 bits per heavy atom. The van der Waals surface area contributed by atoms with Crippen molar-refractivity contribution in [3.8, 4) is 0 Å². The summed E-state index contributed by atoms with van der Waals surface area (Å²) in [6, 6.07) is 8.53. The average molecular weight is 174 g/mol. The van der Waals surface area contributed by atoms with Gasteiger partial charge in [0.15, 0.2) is 0 Å². The van der Waals surface area contributed by atoms with Gasteiger partial charge in [0.25, 0.3) is 0 Å². The van der Waals surface area contributed by atoms with Crippen LogP contribution in [0.2, 0.25) is 0 Å². The van der Waals surface area contributed by atoms with Gasteiger partial charge in [0.05, 0.1) is 0 Å². The minimum Gasteiger partial charge on any atom is -0.303 e. The molecule has 0 aliphatic heterocycles. The van der Waals surface area contributed by atoms with Gasteiger partial charge in [0, 0.05) is 5.92 Å². The molecule has 1 aromatic rings. The van der Waals surface area contributed by atoms with Crippen LogP contribution < -0.4 is 0 Å². The SMILES string of the molecule is O=CC1CCc2ccccc2CC1. The number of hydrogen-bond acceptors (Lipinski definition) is 1. The first-order chi connectivity index (χ1) is 6.40. The van der Waals surface area contributed by atoms with Crippen LogP contribution >= 0.6 is 0 Å². The quantitative estimate of drug-likeness (QED) is 0.472. The summed E-state index contributed by atoms with van der Waals surface area (Å²) in [7, 11) is 0. The Morgan fingerprint density at radius 2 is 1.62 bits per heavy atom. The topological polar surface area (TPSA) is 17.1 Å². The zero-order valence-corrected chi connectivity index (χ0v) is 7.70. The molecule has 2 rings (SSSR count). The Morgan fingerprint density at radius 1 is 1.08 bits per heavy atom. The maximum absolute atomic E-state index is 10.7. The summed E-state index contributed by atoms with van der Waals surface area (Å²) in [6.07, 6.45) is 5.31. The normalized spacial score (nSPS) is 17.5. The highest BCUT2D eigenvalue weighted by molar-refractivity contribution is 5.54. The minimum atomic E-state index is 0.285. The summed E-state index contributed by atoms with van der Waals surface area (Å²) in [4.78, 5) is 10.7. The van der Waals surface area contributed by atoms with Gasteiger partial charge in [0.1, 0.15) is 6.29 Å². The maximum Gasteiger partial charge on any atom is 0.123 e. The number of fused-ring (bicyclic) bond motifs is 1. The fourth-order valence-corrected chi connectivity index (χ4v) is 2.01. The van der Waals surface area contributed by atoms with Crippen molar-refractivity contribution >= 4 is 6.29 Å². The van der Waals surface area contributed by atoms with E-state index >= 15 is 0 Å². The van der Waals surface area contributed by atoms with Crippen LogP contribution in [0.1, 0.15) is 24.0 Å². The van der Waals surface area contributed by atoms with Crippen LogP contribution in [-0.4, -0.2) is 6.29 Å². The first-order valence-electron chi connectivity index (χ1n) is 4.92. The molecule has 0 fully saturated rings. The summed E-state index contributed by atoms with van der Waals surface area (Å²) < 4.78 is 0. The van der Waals surface area contributed by atoms with E-state index in [2.05, 4.69) is 24.3 Å². The summed E-state index contributed by atoms with van der Waals surface area (Å²) in [5.41, 5.74) is 2.87. The first-order valence-corrected chi connectivity index (χ1v) is 4.92. The van der Waals surface area contributed by atoms with E-state index in [-0.39, 0.29) is 5.92 Å². The van der Waals surface area contributed by atoms with E-state index in [0.717, 1.165) is 32.0 Å². The molecule has 1 heteroatoms. The summed E-state index contributed by atoms with van der Waals surface area (Å²) in [5, 5.41) is 0. The van der Waals surface area contributed by atoms with E-state index in [4.69, 9.17) is 0 Å². The second-order valence-electron chi connectivity index (χ2n) is 3.74. The molecule has 0 amide bonds. The fourth-order valence-electron chi connectivity index (χ4n) is 2.01. The highest BCUT2D eigenvalue weighted by Gasteiger charge is 2.14. The molecule has 0 aromatic heterocycles. The van der Waals surface area contributed by atoms with Gasteiger partial charge in [-0.2, -0.15) is 0 Å². The van der Waals surface area contributed by atoms with Crippen LogP contribution in [0.25, 0.3) is 0 Å². The lowest BCUT2D eigenvalue weighted by molar-refractivity contribution is -0.111. The molecule has 68 valence electrons. The number of rotatable bonds is 1. The summed E-state index contributed by atoms with van der Waals surface area (Å²) in [6.45, 7) is 0. The molecule has 0 unspecified atom stereocenters. The molecule has 1 nitrogen and oxygen atoms in total. The predicted octanol–water partition coefficient (Wildman–Crippen LogP) is 2.38. The van der Waals surface area contributed by atoms with Crippen molar-refractivity contribution in [3.05, 3.63) is 35.4 Å². The standard InChI is InChI=1S/C12H14O/c13-9-10-5-7-11-3-1-2-4-12(11)8-6-10/h1-4,9-10H,5-8H2. The zero-order valence-electron chi connectivity index (χ0n) is 7.70. The Hall–Kier alpha value is -1.11. The molecule has 0 atom stereocenters. The van der Waals surface area contributed by atoms with E-state index in [1.165, 1.54) is 11.1 Å². The average Bonchev–Trinajstić information content (AvgIpc) is 2.39. The van der Waals surface area contributed by atoms with Crippen molar-refractivity contribution in [2.24, 2.45) is 5.92 Å². The number of hydrogen-bond donors (Lipinski definition) is 0. The molecule has 0 bridgehead atoms. The van der Waals surface area contributed by atoms with Crippen molar-refractivity contribution in [3.63, 3.8) is 0 Å². The fraction of sp³-hybridized carbons (Fsp3) is 0.417. The molecule has 0 heterocycles. The molecule has 0 N–H and O–H groups in total. The van der Waals surface area contributed by atoms with Gasteiger partial charge >= 0.3 is 0 Å². The van der Waals surface area contributed by atoms with Gasteiger partial charge in [-0.05, 0) is 36.8 Å². The lowest BCUT2D eigenvalue weighted by Gasteiger charge is -2.02. The molecule has 1 aromatic carbocycles. The van der Waals surface area contributed by atoms with Crippen LogP contribution in [0.15, 0.2) is 24.3 Å². The van der Waals surface area contributed by atoms with Gasteiger partial charge in [-0.1, -0.05) is 24.3 Å². The Bertz CT molecular complexity index is 277. The van der Waals surface area contributed by atoms with Crippen LogP contribution in [-0.2, 0) is 17.6 Å². The monoisotopic (exact) mass is 174 g/mol. The van der Waals surface area contributed by atoms with Gasteiger partial charge in [-0.15, -0.1) is 0 Å². The third-order valence-corrected chi connectivity index (χ3v) is 2.88. The minimum absolute atomic E-state index is 0.285. The van der Waals surface area contributed by atoms with E-state index < -0.39 is 0 Å². The van der Waals surface area contributed by atoms with Gasteiger partial charge < -0.3 is 4.79 Å². The Kier molecular flexibility index (Phi) is 2.44. The number of aryl methyl sites for hydroxylation is 2. The number of carbonyl (C=O) groups excluding carboxylic acids is 1. The smallest absolute Gasteiger partial charge is 0.123 e. The largest absolute Gasteiger partial charge is 0.303 e. The Labute approximate surface area is 78.8 Å². The van der Waals surface area contributed by atoms with Gasteiger partial charge in [-0.25, -0.2) is 0 Å². The van der Waals surface area contributed by atoms with E-state index in [9.17, 15) is 4.79 Å². The van der Waals surface area contributed by atoms with E-state index in [0.29, 0.717) is 0 Å². The third kappa shape index (κ3) is 1.80. The van der Waals surface area contributed by atoms with Gasteiger partial charge in [-0.3, -0.25) is 0 Å². The lowest BCUT2D eigenvalue weighted by Crippen LogP contribution is -2.01. The molecule has 13 heavy (non-hydrogen) atoms. The van der Waals surface area contributed by atoms with E-state index in [1.807, 2.05) is 0 Å². The van der Waals surface area contributed by atoms with Crippen LogP contribution in [0.4, 0.5) is 0 Å². The molecule has 0 spiro atoms. The molecule has 0 radical (unpaired) electrons. The molecule has 0 saturated heterocycles. The number of carbonyl (C=O) groups is 1. The number of benzene rings is 1. The number of aldehydes is 1. The molecule has 1 aliphatic rings. The van der Waals surface area contributed by atoms with Crippen LogP contribution in [0.5, 0.6) is 0 Å². The van der Waals surface area contributed by atoms with Crippen molar-refractivity contribution in [1.29, 1.82) is 0 Å².